The van der Waals surface area contributed by atoms with E-state index in [1.54, 1.807) is 6.07 Å². The van der Waals surface area contributed by atoms with E-state index in [4.69, 9.17) is 22.1 Å². The molecule has 0 fully saturated rings. The van der Waals surface area contributed by atoms with E-state index >= 15 is 0 Å². The Hall–Kier alpha value is -2.04. The SMILES string of the molecule is CC(C)(C#N)C(=O)Nc1ccc(C#N)cc1Cl. The Bertz CT molecular complexity index is 538. The molecule has 0 bridgehead atoms. The van der Waals surface area contributed by atoms with Crippen LogP contribution in [0.25, 0.3) is 0 Å². The van der Waals surface area contributed by atoms with Gasteiger partial charge in [0.1, 0.15) is 5.41 Å². The van der Waals surface area contributed by atoms with Gasteiger partial charge in [-0.3, -0.25) is 4.79 Å². The first-order valence-electron chi connectivity index (χ1n) is 4.83. The highest BCUT2D eigenvalue weighted by atomic mass is 35.5. The third kappa shape index (κ3) is 2.96. The highest BCUT2D eigenvalue weighted by Gasteiger charge is 2.27. The maximum Gasteiger partial charge on any atom is 0.244 e. The Labute approximate surface area is 104 Å². The summed E-state index contributed by atoms with van der Waals surface area (Å²) in [5, 5.41) is 20.3. The third-order valence-corrected chi connectivity index (χ3v) is 2.51. The largest absolute Gasteiger partial charge is 0.323 e. The summed E-state index contributed by atoms with van der Waals surface area (Å²) < 4.78 is 0. The normalized spacial score (nSPS) is 10.2. The zero-order valence-electron chi connectivity index (χ0n) is 9.41. The number of carbonyl (C=O) groups is 1. The lowest BCUT2D eigenvalue weighted by Crippen LogP contribution is -2.29. The Balaban J connectivity index is 2.96. The van der Waals surface area contributed by atoms with Crippen LogP contribution >= 0.6 is 11.6 Å². The molecule has 0 spiro atoms. The Morgan fingerprint density at radius 3 is 2.53 bits per heavy atom. The van der Waals surface area contributed by atoms with Crippen LogP contribution in [0.4, 0.5) is 5.69 Å². The number of anilines is 1. The maximum atomic E-state index is 11.7. The third-order valence-electron chi connectivity index (χ3n) is 2.19. The van der Waals surface area contributed by atoms with Crippen LogP contribution in [-0.2, 0) is 4.79 Å². The number of halogens is 1. The molecular weight excluding hydrogens is 238 g/mol. The molecule has 0 radical (unpaired) electrons. The molecule has 1 amide bonds. The average molecular weight is 248 g/mol. The molecule has 0 heterocycles. The van der Waals surface area contributed by atoms with E-state index in [0.717, 1.165) is 0 Å². The van der Waals surface area contributed by atoms with Crippen molar-refractivity contribution in [3.63, 3.8) is 0 Å². The molecule has 0 aliphatic carbocycles. The first-order valence-corrected chi connectivity index (χ1v) is 5.21. The summed E-state index contributed by atoms with van der Waals surface area (Å²) in [5.41, 5.74) is -0.330. The second kappa shape index (κ2) is 4.86. The summed E-state index contributed by atoms with van der Waals surface area (Å²) in [4.78, 5) is 11.7. The summed E-state index contributed by atoms with van der Waals surface area (Å²) in [5.74, 6) is -0.438. The quantitative estimate of drug-likeness (QED) is 0.873. The fourth-order valence-electron chi connectivity index (χ4n) is 1.02. The standard InChI is InChI=1S/C12H10ClN3O/c1-12(2,7-15)11(17)16-10-4-3-8(6-14)5-9(10)13/h3-5H,1-2H3,(H,16,17). The van der Waals surface area contributed by atoms with Gasteiger partial charge in [-0.1, -0.05) is 11.6 Å². The molecule has 0 saturated heterocycles. The predicted octanol–water partition coefficient (Wildman–Crippen LogP) is 2.70. The van der Waals surface area contributed by atoms with E-state index < -0.39 is 11.3 Å². The Morgan fingerprint density at radius 2 is 2.06 bits per heavy atom. The molecule has 0 atom stereocenters. The van der Waals surface area contributed by atoms with Crippen molar-refractivity contribution in [2.24, 2.45) is 5.41 Å². The molecule has 4 nitrogen and oxygen atoms in total. The van der Waals surface area contributed by atoms with Gasteiger partial charge in [-0.25, -0.2) is 0 Å². The Kier molecular flexibility index (Phi) is 3.73. The van der Waals surface area contributed by atoms with Crippen LogP contribution in [0, 0.1) is 28.1 Å². The van der Waals surface area contributed by atoms with Crippen molar-refractivity contribution in [2.75, 3.05) is 5.32 Å². The van der Waals surface area contributed by atoms with E-state index in [1.165, 1.54) is 26.0 Å². The average Bonchev–Trinajstić information content (AvgIpc) is 2.31. The summed E-state index contributed by atoms with van der Waals surface area (Å²) in [6.45, 7) is 3.03. The van der Waals surface area contributed by atoms with E-state index in [2.05, 4.69) is 5.32 Å². The molecule has 1 rings (SSSR count). The smallest absolute Gasteiger partial charge is 0.244 e. The molecule has 0 aromatic heterocycles. The molecule has 1 N–H and O–H groups in total. The minimum Gasteiger partial charge on any atom is -0.323 e. The van der Waals surface area contributed by atoms with Crippen LogP contribution in [0.1, 0.15) is 19.4 Å². The van der Waals surface area contributed by atoms with Gasteiger partial charge in [0.05, 0.1) is 28.4 Å². The van der Waals surface area contributed by atoms with E-state index in [0.29, 0.717) is 11.3 Å². The molecule has 0 unspecified atom stereocenters. The minimum absolute atomic E-state index is 0.270. The van der Waals surface area contributed by atoms with Crippen LogP contribution in [0.5, 0.6) is 0 Å². The number of hydrogen-bond acceptors (Lipinski definition) is 3. The summed E-state index contributed by atoms with van der Waals surface area (Å²) in [6.07, 6.45) is 0. The van der Waals surface area contributed by atoms with Crippen molar-refractivity contribution in [1.82, 2.24) is 0 Å². The maximum absolute atomic E-state index is 11.7. The molecular formula is C12H10ClN3O. The molecule has 5 heteroatoms. The lowest BCUT2D eigenvalue weighted by atomic mass is 9.94. The van der Waals surface area contributed by atoms with Gasteiger partial charge in [0.2, 0.25) is 5.91 Å². The second-order valence-corrected chi connectivity index (χ2v) is 4.40. The van der Waals surface area contributed by atoms with E-state index in [-0.39, 0.29) is 5.02 Å². The monoisotopic (exact) mass is 247 g/mol. The molecule has 1 aromatic carbocycles. The van der Waals surface area contributed by atoms with Crippen LogP contribution in [-0.4, -0.2) is 5.91 Å². The van der Waals surface area contributed by atoms with Gasteiger partial charge >= 0.3 is 0 Å². The fourth-order valence-corrected chi connectivity index (χ4v) is 1.24. The lowest BCUT2D eigenvalue weighted by Gasteiger charge is -2.15. The molecule has 86 valence electrons. The number of carbonyl (C=O) groups excluding carboxylic acids is 1. The first kappa shape index (κ1) is 13.0. The van der Waals surface area contributed by atoms with Crippen molar-refractivity contribution in [1.29, 1.82) is 10.5 Å². The van der Waals surface area contributed by atoms with Crippen molar-refractivity contribution < 1.29 is 4.79 Å². The molecule has 17 heavy (non-hydrogen) atoms. The summed E-state index contributed by atoms with van der Waals surface area (Å²) in [6, 6.07) is 8.37. The van der Waals surface area contributed by atoms with Gasteiger partial charge < -0.3 is 5.32 Å². The number of amides is 1. The number of benzene rings is 1. The van der Waals surface area contributed by atoms with Crippen molar-refractivity contribution in [3.05, 3.63) is 28.8 Å². The van der Waals surface area contributed by atoms with Crippen LogP contribution in [0.3, 0.4) is 0 Å². The molecule has 1 aromatic rings. The first-order chi connectivity index (χ1) is 7.90. The lowest BCUT2D eigenvalue weighted by molar-refractivity contribution is -0.121. The van der Waals surface area contributed by atoms with Gasteiger partial charge in [0.25, 0.3) is 0 Å². The zero-order chi connectivity index (χ0) is 13.1. The predicted molar refractivity (Wildman–Crippen MR) is 64.2 cm³/mol. The minimum atomic E-state index is -1.13. The summed E-state index contributed by atoms with van der Waals surface area (Å²) in [7, 11) is 0. The highest BCUT2D eigenvalue weighted by Crippen LogP contribution is 2.25. The second-order valence-electron chi connectivity index (χ2n) is 4.00. The summed E-state index contributed by atoms with van der Waals surface area (Å²) >= 11 is 5.90. The topological polar surface area (TPSA) is 76.7 Å². The fraction of sp³-hybridized carbons (Fsp3) is 0.250. The highest BCUT2D eigenvalue weighted by molar-refractivity contribution is 6.33. The van der Waals surface area contributed by atoms with Crippen LogP contribution < -0.4 is 5.32 Å². The van der Waals surface area contributed by atoms with Gasteiger partial charge in [-0.15, -0.1) is 0 Å². The number of rotatable bonds is 2. The van der Waals surface area contributed by atoms with Gasteiger partial charge in [-0.05, 0) is 32.0 Å². The van der Waals surface area contributed by atoms with Crippen molar-refractivity contribution >= 4 is 23.2 Å². The molecule has 0 saturated carbocycles. The number of nitriles is 2. The van der Waals surface area contributed by atoms with Gasteiger partial charge in [-0.2, -0.15) is 10.5 Å². The number of hydrogen-bond donors (Lipinski definition) is 1. The number of nitrogens with one attached hydrogen (secondary N) is 1. The Morgan fingerprint density at radius 1 is 1.41 bits per heavy atom. The van der Waals surface area contributed by atoms with Gasteiger partial charge in [0, 0.05) is 0 Å². The van der Waals surface area contributed by atoms with Crippen LogP contribution in [0.15, 0.2) is 18.2 Å². The van der Waals surface area contributed by atoms with Crippen LogP contribution in [0.2, 0.25) is 5.02 Å². The van der Waals surface area contributed by atoms with Crippen molar-refractivity contribution in [3.8, 4) is 12.1 Å². The van der Waals surface area contributed by atoms with Crippen molar-refractivity contribution in [2.45, 2.75) is 13.8 Å². The van der Waals surface area contributed by atoms with Gasteiger partial charge in [0.15, 0.2) is 0 Å². The number of nitrogens with zero attached hydrogens (tertiary/aromatic N) is 2. The molecule has 0 aliphatic heterocycles. The van der Waals surface area contributed by atoms with E-state index in [9.17, 15) is 4.79 Å². The van der Waals surface area contributed by atoms with E-state index in [1.807, 2.05) is 12.1 Å². The molecule has 0 aliphatic rings. The zero-order valence-corrected chi connectivity index (χ0v) is 10.2.